The van der Waals surface area contributed by atoms with Crippen molar-refractivity contribution in [1.82, 2.24) is 0 Å². The van der Waals surface area contributed by atoms with Crippen LogP contribution in [0.4, 0.5) is 0 Å². The van der Waals surface area contributed by atoms with Gasteiger partial charge in [-0.25, -0.2) is 0 Å². The Morgan fingerprint density at radius 2 is 1.00 bits per heavy atom. The molecule has 0 aliphatic heterocycles. The molecule has 1 radical (unpaired) electrons. The minimum Gasteiger partial charge on any atom is -1.00 e. The topological polar surface area (TPSA) is 0 Å². The van der Waals surface area contributed by atoms with Crippen molar-refractivity contribution in [1.29, 1.82) is 0 Å². The third kappa shape index (κ3) is 3.46. The second-order valence-corrected chi connectivity index (χ2v) is 2.76. The predicted octanol–water partition coefficient (Wildman–Crippen LogP) is -3.36. The van der Waals surface area contributed by atoms with Crippen molar-refractivity contribution in [3.8, 4) is 0 Å². The molecule has 0 saturated carbocycles. The van der Waals surface area contributed by atoms with E-state index >= 15 is 0 Å². The third-order valence-electron chi connectivity index (χ3n) is 2.18. The molecule has 12 heavy (non-hydrogen) atoms. The van der Waals surface area contributed by atoms with Gasteiger partial charge in [0.05, 0.1) is 0 Å². The fourth-order valence-corrected chi connectivity index (χ4v) is 1.13. The van der Waals surface area contributed by atoms with E-state index < -0.39 is 0 Å². The maximum atomic E-state index is 2.24. The number of rotatable bonds is 0. The molecular weight excluding hydrogens is 231 g/mol. The molecule has 0 aromatic heterocycles. The van der Waals surface area contributed by atoms with Gasteiger partial charge in [0.1, 0.15) is 0 Å². The van der Waals surface area contributed by atoms with Crippen LogP contribution in [0.2, 0.25) is 0 Å². The number of hydrogen-bond donors (Lipinski definition) is 0. The zero-order valence-electron chi connectivity index (χ0n) is 7.74. The molecule has 3 heteroatoms. The number of aryl methyl sites for hydroxylation is 2. The molecule has 1 aromatic carbocycles. The minimum atomic E-state index is 0. The summed E-state index contributed by atoms with van der Waals surface area (Å²) in [6.07, 6.45) is 0. The van der Waals surface area contributed by atoms with Crippen LogP contribution in [0.5, 0.6) is 0 Å². The maximum Gasteiger partial charge on any atom is 3.00 e. The van der Waals surface area contributed by atoms with E-state index in [-0.39, 0.29) is 42.2 Å². The van der Waals surface area contributed by atoms with Crippen molar-refractivity contribution < 1.29 is 42.2 Å². The quantitative estimate of drug-likeness (QED) is 0.418. The van der Waals surface area contributed by atoms with Crippen molar-refractivity contribution in [2.75, 3.05) is 0 Å². The summed E-state index contributed by atoms with van der Waals surface area (Å²) in [4.78, 5) is 0. The number of halogens is 2. The Morgan fingerprint density at radius 1 is 0.750 bits per heavy atom. The van der Waals surface area contributed by atoms with Gasteiger partial charge < -0.3 is 24.8 Å². The summed E-state index contributed by atoms with van der Waals surface area (Å²) in [5.74, 6) is 0. The van der Waals surface area contributed by atoms with Crippen molar-refractivity contribution in [2.24, 2.45) is 0 Å². The minimum absolute atomic E-state index is 0. The van der Waals surface area contributed by atoms with Gasteiger partial charge in [0.15, 0.2) is 0 Å². The van der Waals surface area contributed by atoms with E-state index in [2.05, 4.69) is 33.8 Å². The van der Waals surface area contributed by atoms with Gasteiger partial charge in [-0.1, -0.05) is 27.7 Å². The van der Waals surface area contributed by atoms with Crippen molar-refractivity contribution in [3.05, 3.63) is 28.3 Å². The van der Waals surface area contributed by atoms with Crippen LogP contribution in [0.1, 0.15) is 22.3 Å². The molecule has 0 aliphatic rings. The Kier molecular flexibility index (Phi) is 10.6. The van der Waals surface area contributed by atoms with Crippen molar-refractivity contribution >= 4 is 0 Å². The molecule has 69 valence electrons. The second-order valence-electron chi connectivity index (χ2n) is 2.76. The van der Waals surface area contributed by atoms with Gasteiger partial charge in [-0.15, -0.1) is 0 Å². The van der Waals surface area contributed by atoms with Gasteiger partial charge in [0, 0.05) is 0 Å². The molecule has 0 unspecified atom stereocenters. The SMILES string of the molecule is Cc1[cH-]c(C)c(C)c1C.[Cl-].[Cl-].[Cr+3]. The van der Waals surface area contributed by atoms with E-state index in [0.717, 1.165) is 0 Å². The largest absolute Gasteiger partial charge is 3.00 e. The Morgan fingerprint density at radius 3 is 1.08 bits per heavy atom. The summed E-state index contributed by atoms with van der Waals surface area (Å²) in [7, 11) is 0. The fourth-order valence-electron chi connectivity index (χ4n) is 1.13. The number of hydrogen-bond acceptors (Lipinski definition) is 0. The summed E-state index contributed by atoms with van der Waals surface area (Å²) >= 11 is 0. The Bertz CT molecular complexity index is 206. The van der Waals surface area contributed by atoms with Gasteiger partial charge >= 0.3 is 17.4 Å². The van der Waals surface area contributed by atoms with E-state index in [4.69, 9.17) is 0 Å². The van der Waals surface area contributed by atoms with Crippen molar-refractivity contribution in [2.45, 2.75) is 27.7 Å². The molecule has 0 amide bonds. The van der Waals surface area contributed by atoms with Crippen LogP contribution in [0.15, 0.2) is 6.07 Å². The normalized spacial score (nSPS) is 7.67. The first-order valence-corrected chi connectivity index (χ1v) is 3.33. The molecule has 0 N–H and O–H groups in total. The van der Waals surface area contributed by atoms with Gasteiger partial charge in [-0.3, -0.25) is 0 Å². The first-order valence-electron chi connectivity index (χ1n) is 3.33. The molecular formula is C9H13Cl2Cr. The molecule has 0 aliphatic carbocycles. The fraction of sp³-hybridized carbons (Fsp3) is 0.444. The molecule has 0 saturated heterocycles. The van der Waals surface area contributed by atoms with Gasteiger partial charge in [-0.05, 0) is 0 Å². The van der Waals surface area contributed by atoms with Crippen molar-refractivity contribution in [3.63, 3.8) is 0 Å². The average Bonchev–Trinajstić information content (AvgIpc) is 1.98. The first-order chi connectivity index (χ1) is 4.13. The zero-order valence-corrected chi connectivity index (χ0v) is 10.5. The van der Waals surface area contributed by atoms with Gasteiger partial charge in [-0.2, -0.15) is 28.3 Å². The zero-order chi connectivity index (χ0) is 7.02. The Balaban J connectivity index is -0.000000270. The van der Waals surface area contributed by atoms with E-state index in [0.29, 0.717) is 0 Å². The van der Waals surface area contributed by atoms with E-state index in [9.17, 15) is 0 Å². The summed E-state index contributed by atoms with van der Waals surface area (Å²) in [5.41, 5.74) is 5.75. The van der Waals surface area contributed by atoms with Crippen LogP contribution in [0.25, 0.3) is 0 Å². The summed E-state index contributed by atoms with van der Waals surface area (Å²) in [6.45, 7) is 8.68. The monoisotopic (exact) mass is 243 g/mol. The summed E-state index contributed by atoms with van der Waals surface area (Å²) in [5, 5.41) is 0. The molecule has 0 fully saturated rings. The summed E-state index contributed by atoms with van der Waals surface area (Å²) in [6, 6.07) is 2.24. The van der Waals surface area contributed by atoms with Crippen LogP contribution < -0.4 is 24.8 Å². The predicted molar refractivity (Wildman–Crippen MR) is 41.0 cm³/mol. The standard InChI is InChI=1S/C9H13.2ClH.Cr/c1-6-5-7(2)9(4)8(6)3;;;/h5H,1-4H3;2*1H;/q-1;;;+3/p-2. The van der Waals surface area contributed by atoms with E-state index in [1.54, 1.807) is 0 Å². The molecule has 1 rings (SSSR count). The summed E-state index contributed by atoms with van der Waals surface area (Å²) < 4.78 is 0. The van der Waals surface area contributed by atoms with Gasteiger partial charge in [0.2, 0.25) is 0 Å². The van der Waals surface area contributed by atoms with Crippen LogP contribution in [-0.4, -0.2) is 0 Å². The average molecular weight is 244 g/mol. The molecule has 1 aromatic rings. The van der Waals surface area contributed by atoms with Crippen LogP contribution in [-0.2, 0) is 17.4 Å². The molecule has 0 bridgehead atoms. The second kappa shape index (κ2) is 6.92. The van der Waals surface area contributed by atoms with E-state index in [1.165, 1.54) is 22.3 Å². The Labute approximate surface area is 98.1 Å². The van der Waals surface area contributed by atoms with Gasteiger partial charge in [0.25, 0.3) is 0 Å². The first kappa shape index (κ1) is 18.3. The maximum absolute atomic E-state index is 2.24. The third-order valence-corrected chi connectivity index (χ3v) is 2.18. The van der Waals surface area contributed by atoms with Crippen LogP contribution >= 0.6 is 0 Å². The smallest absolute Gasteiger partial charge is 1.00 e. The molecule has 0 heterocycles. The Hall–Kier alpha value is 0.462. The molecule has 0 spiro atoms. The van der Waals surface area contributed by atoms with Crippen LogP contribution in [0.3, 0.4) is 0 Å². The van der Waals surface area contributed by atoms with E-state index in [1.807, 2.05) is 0 Å². The molecule has 0 atom stereocenters. The molecule has 0 nitrogen and oxygen atoms in total. The van der Waals surface area contributed by atoms with Crippen LogP contribution in [0, 0.1) is 27.7 Å².